The number of aromatic nitrogens is 1. The maximum atomic E-state index is 11.4. The summed E-state index contributed by atoms with van der Waals surface area (Å²) in [6.07, 6.45) is 0. The fourth-order valence-corrected chi connectivity index (χ4v) is 2.75. The Hall–Kier alpha value is -1.00. The van der Waals surface area contributed by atoms with Crippen molar-refractivity contribution >= 4 is 30.6 Å². The number of halogens is 1. The number of H-pyrrole nitrogens is 1. The van der Waals surface area contributed by atoms with Gasteiger partial charge in [-0.25, -0.2) is 8.42 Å². The zero-order valence-electron chi connectivity index (χ0n) is 8.99. The molecule has 0 aliphatic rings. The molecule has 0 atom stereocenters. The fraction of sp³-hybridized carbons (Fsp3) is 0.273. The first-order valence-electron chi connectivity index (χ1n) is 4.96. The van der Waals surface area contributed by atoms with Crippen LogP contribution in [0.5, 0.6) is 0 Å². The van der Waals surface area contributed by atoms with Crippen molar-refractivity contribution < 1.29 is 8.42 Å². The highest BCUT2D eigenvalue weighted by molar-refractivity contribution is 8.14. The Bertz CT molecular complexity index is 628. The van der Waals surface area contributed by atoms with Crippen molar-refractivity contribution in [2.24, 2.45) is 0 Å². The van der Waals surface area contributed by atoms with Gasteiger partial charge in [-0.3, -0.25) is 0 Å². The molecular formula is C11H12ClNO2S. The van der Waals surface area contributed by atoms with Gasteiger partial charge in [0.05, 0.1) is 4.90 Å². The van der Waals surface area contributed by atoms with E-state index in [2.05, 4.69) is 4.98 Å². The Morgan fingerprint density at radius 2 is 2.00 bits per heavy atom. The number of hydrogen-bond donors (Lipinski definition) is 1. The third-order valence-electron chi connectivity index (χ3n) is 2.53. The van der Waals surface area contributed by atoms with Crippen LogP contribution in [-0.2, 0) is 9.05 Å². The van der Waals surface area contributed by atoms with Crippen LogP contribution in [0.2, 0.25) is 0 Å². The molecular weight excluding hydrogens is 246 g/mol. The molecule has 5 heteroatoms. The lowest BCUT2D eigenvalue weighted by atomic mass is 10.1. The second-order valence-corrected chi connectivity index (χ2v) is 6.57. The number of aromatic amines is 1. The molecule has 2 aromatic rings. The predicted octanol–water partition coefficient (Wildman–Crippen LogP) is 3.22. The van der Waals surface area contributed by atoms with Gasteiger partial charge < -0.3 is 4.98 Å². The van der Waals surface area contributed by atoms with Crippen LogP contribution in [0.3, 0.4) is 0 Å². The van der Waals surface area contributed by atoms with Gasteiger partial charge in [-0.05, 0) is 24.1 Å². The molecule has 0 radical (unpaired) electrons. The van der Waals surface area contributed by atoms with E-state index in [0.717, 1.165) is 11.2 Å². The molecule has 2 rings (SSSR count). The Kier molecular flexibility index (Phi) is 2.72. The molecule has 1 N–H and O–H groups in total. The van der Waals surface area contributed by atoms with Gasteiger partial charge in [0.15, 0.2) is 0 Å². The predicted molar refractivity (Wildman–Crippen MR) is 65.4 cm³/mol. The standard InChI is InChI=1S/C11H12ClNO2S/c1-7(2)10-6-8-9(13-10)4-3-5-11(8)16(12,14)15/h3-7,13H,1-2H3. The monoisotopic (exact) mass is 257 g/mol. The topological polar surface area (TPSA) is 49.9 Å². The van der Waals surface area contributed by atoms with E-state index >= 15 is 0 Å². The van der Waals surface area contributed by atoms with Crippen molar-refractivity contribution in [3.8, 4) is 0 Å². The third kappa shape index (κ3) is 1.95. The van der Waals surface area contributed by atoms with E-state index in [4.69, 9.17) is 10.7 Å². The normalized spacial score (nSPS) is 12.5. The SMILES string of the molecule is CC(C)c1cc2c(S(=O)(=O)Cl)cccc2[nH]1. The Morgan fingerprint density at radius 3 is 2.56 bits per heavy atom. The third-order valence-corrected chi connectivity index (χ3v) is 3.91. The zero-order chi connectivity index (χ0) is 11.9. The molecule has 1 aromatic heterocycles. The van der Waals surface area contributed by atoms with Gasteiger partial charge in [-0.15, -0.1) is 0 Å². The largest absolute Gasteiger partial charge is 0.358 e. The summed E-state index contributed by atoms with van der Waals surface area (Å²) >= 11 is 0. The highest BCUT2D eigenvalue weighted by atomic mass is 35.7. The second-order valence-electron chi connectivity index (χ2n) is 4.03. The van der Waals surface area contributed by atoms with E-state index in [9.17, 15) is 8.42 Å². The van der Waals surface area contributed by atoms with Gasteiger partial charge in [-0.2, -0.15) is 0 Å². The molecule has 0 bridgehead atoms. The van der Waals surface area contributed by atoms with Gasteiger partial charge in [-0.1, -0.05) is 19.9 Å². The van der Waals surface area contributed by atoms with Crippen molar-refractivity contribution in [2.45, 2.75) is 24.7 Å². The van der Waals surface area contributed by atoms with Gasteiger partial charge in [0.2, 0.25) is 0 Å². The first-order chi connectivity index (χ1) is 7.39. The van der Waals surface area contributed by atoms with E-state index < -0.39 is 9.05 Å². The van der Waals surface area contributed by atoms with Crippen LogP contribution in [0.25, 0.3) is 10.9 Å². The average Bonchev–Trinajstić information content (AvgIpc) is 2.58. The minimum Gasteiger partial charge on any atom is -0.358 e. The number of fused-ring (bicyclic) bond motifs is 1. The van der Waals surface area contributed by atoms with Crippen LogP contribution in [0.1, 0.15) is 25.5 Å². The van der Waals surface area contributed by atoms with Crippen LogP contribution in [-0.4, -0.2) is 13.4 Å². The molecule has 0 spiro atoms. The lowest BCUT2D eigenvalue weighted by Crippen LogP contribution is -1.90. The highest BCUT2D eigenvalue weighted by Gasteiger charge is 2.16. The van der Waals surface area contributed by atoms with Gasteiger partial charge in [0.1, 0.15) is 0 Å². The molecule has 0 fully saturated rings. The molecule has 0 unspecified atom stereocenters. The molecule has 0 amide bonds. The number of benzene rings is 1. The summed E-state index contributed by atoms with van der Waals surface area (Å²) in [6.45, 7) is 4.08. The maximum Gasteiger partial charge on any atom is 0.261 e. The van der Waals surface area contributed by atoms with Crippen molar-refractivity contribution in [1.29, 1.82) is 0 Å². The van der Waals surface area contributed by atoms with E-state index in [1.54, 1.807) is 6.07 Å². The van der Waals surface area contributed by atoms with E-state index in [0.29, 0.717) is 11.3 Å². The summed E-state index contributed by atoms with van der Waals surface area (Å²) in [6, 6.07) is 6.88. The van der Waals surface area contributed by atoms with Crippen LogP contribution in [0, 0.1) is 0 Å². The average molecular weight is 258 g/mol. The first kappa shape index (κ1) is 11.5. The number of nitrogens with one attached hydrogen (secondary N) is 1. The molecule has 16 heavy (non-hydrogen) atoms. The van der Waals surface area contributed by atoms with Gasteiger partial charge in [0.25, 0.3) is 9.05 Å². The van der Waals surface area contributed by atoms with Crippen molar-refractivity contribution in [3.05, 3.63) is 30.0 Å². The Labute approximate surface area is 98.8 Å². The quantitative estimate of drug-likeness (QED) is 0.840. The van der Waals surface area contributed by atoms with Gasteiger partial charge in [0, 0.05) is 27.3 Å². The molecule has 1 aromatic carbocycles. The smallest absolute Gasteiger partial charge is 0.261 e. The summed E-state index contributed by atoms with van der Waals surface area (Å²) in [5.74, 6) is 0.318. The number of rotatable bonds is 2. The summed E-state index contributed by atoms with van der Waals surface area (Å²) in [5, 5.41) is 0.654. The van der Waals surface area contributed by atoms with Crippen LogP contribution < -0.4 is 0 Å². The molecule has 0 aliphatic carbocycles. The van der Waals surface area contributed by atoms with Gasteiger partial charge >= 0.3 is 0 Å². The Balaban J connectivity index is 2.78. The minimum absolute atomic E-state index is 0.162. The van der Waals surface area contributed by atoms with Crippen molar-refractivity contribution in [2.75, 3.05) is 0 Å². The number of hydrogen-bond acceptors (Lipinski definition) is 2. The zero-order valence-corrected chi connectivity index (χ0v) is 10.6. The second kappa shape index (κ2) is 3.79. The van der Waals surface area contributed by atoms with Crippen LogP contribution in [0.4, 0.5) is 0 Å². The summed E-state index contributed by atoms with van der Waals surface area (Å²) in [5.41, 5.74) is 1.80. The lowest BCUT2D eigenvalue weighted by molar-refractivity contribution is 0.610. The maximum absolute atomic E-state index is 11.4. The van der Waals surface area contributed by atoms with Crippen LogP contribution in [0.15, 0.2) is 29.2 Å². The Morgan fingerprint density at radius 1 is 1.31 bits per heavy atom. The van der Waals surface area contributed by atoms with E-state index in [1.165, 1.54) is 6.07 Å². The lowest BCUT2D eigenvalue weighted by Gasteiger charge is -1.97. The summed E-state index contributed by atoms with van der Waals surface area (Å²) < 4.78 is 22.8. The molecule has 1 heterocycles. The molecule has 3 nitrogen and oxygen atoms in total. The molecule has 0 saturated carbocycles. The van der Waals surface area contributed by atoms with Crippen molar-refractivity contribution in [1.82, 2.24) is 4.98 Å². The summed E-state index contributed by atoms with van der Waals surface area (Å²) in [4.78, 5) is 3.35. The molecule has 0 saturated heterocycles. The first-order valence-corrected chi connectivity index (χ1v) is 7.27. The van der Waals surface area contributed by atoms with Crippen molar-refractivity contribution in [3.63, 3.8) is 0 Å². The van der Waals surface area contributed by atoms with E-state index in [-0.39, 0.29) is 4.90 Å². The summed E-state index contributed by atoms with van der Waals surface area (Å²) in [7, 11) is 1.70. The highest BCUT2D eigenvalue weighted by Crippen LogP contribution is 2.28. The molecule has 86 valence electrons. The fourth-order valence-electron chi connectivity index (χ4n) is 1.67. The molecule has 0 aliphatic heterocycles. The minimum atomic E-state index is -3.69. The van der Waals surface area contributed by atoms with Crippen LogP contribution >= 0.6 is 10.7 Å². The van der Waals surface area contributed by atoms with E-state index in [1.807, 2.05) is 26.0 Å².